The molecule has 0 aliphatic heterocycles. The molecule has 158 valence electrons. The summed E-state index contributed by atoms with van der Waals surface area (Å²) < 4.78 is 60.7. The molecule has 8 heteroatoms. The third-order valence-corrected chi connectivity index (χ3v) is 5.54. The standard InChI is InChI=1S/C23H17F3N2O2S/c1-14-10-28-22-19(6-3-7-20(22)23(24,25)26)21(14)17-5-2-4-16(9-17)18-8-15(11-27-12-18)13-31(29)30/h2-12H,13H2,1H3,(H,29,30). The topological polar surface area (TPSA) is 63.1 Å². The Morgan fingerprint density at radius 2 is 1.71 bits per heavy atom. The van der Waals surface area contributed by atoms with Gasteiger partial charge in [-0.3, -0.25) is 9.97 Å². The number of fused-ring (bicyclic) bond motifs is 1. The van der Waals surface area contributed by atoms with E-state index in [9.17, 15) is 17.4 Å². The van der Waals surface area contributed by atoms with Gasteiger partial charge in [0.1, 0.15) is 0 Å². The lowest BCUT2D eigenvalue weighted by atomic mass is 9.93. The van der Waals surface area contributed by atoms with E-state index in [0.29, 0.717) is 16.5 Å². The van der Waals surface area contributed by atoms with Gasteiger partial charge < -0.3 is 4.55 Å². The van der Waals surface area contributed by atoms with Crippen LogP contribution in [0.25, 0.3) is 33.2 Å². The Morgan fingerprint density at radius 3 is 2.45 bits per heavy atom. The SMILES string of the molecule is Cc1cnc2c(C(F)(F)F)cccc2c1-c1cccc(-c2cncc(CS(=O)O)c2)c1. The first-order valence-corrected chi connectivity index (χ1v) is 10.6. The van der Waals surface area contributed by atoms with E-state index < -0.39 is 22.8 Å². The second-order valence-corrected chi connectivity index (χ2v) is 8.08. The maximum absolute atomic E-state index is 13.5. The van der Waals surface area contributed by atoms with Crippen LogP contribution in [-0.4, -0.2) is 18.7 Å². The zero-order chi connectivity index (χ0) is 22.2. The molecule has 0 aliphatic carbocycles. The van der Waals surface area contributed by atoms with Gasteiger partial charge in [-0.1, -0.05) is 30.3 Å². The number of halogens is 3. The predicted molar refractivity (Wildman–Crippen MR) is 115 cm³/mol. The molecule has 0 amide bonds. The Bertz CT molecular complexity index is 1310. The van der Waals surface area contributed by atoms with Crippen LogP contribution in [0.15, 0.2) is 67.1 Å². The van der Waals surface area contributed by atoms with Gasteiger partial charge in [0.05, 0.1) is 16.8 Å². The maximum Gasteiger partial charge on any atom is 0.418 e. The van der Waals surface area contributed by atoms with E-state index in [0.717, 1.165) is 28.3 Å². The highest BCUT2D eigenvalue weighted by atomic mass is 32.2. The zero-order valence-electron chi connectivity index (χ0n) is 16.3. The van der Waals surface area contributed by atoms with Crippen LogP contribution in [0.2, 0.25) is 0 Å². The predicted octanol–water partition coefficient (Wildman–Crippen LogP) is 6.01. The summed E-state index contributed by atoms with van der Waals surface area (Å²) in [6.45, 7) is 1.81. The van der Waals surface area contributed by atoms with Crippen LogP contribution in [-0.2, 0) is 23.0 Å². The van der Waals surface area contributed by atoms with E-state index in [-0.39, 0.29) is 11.3 Å². The first kappa shape index (κ1) is 21.1. The van der Waals surface area contributed by atoms with Crippen molar-refractivity contribution in [3.8, 4) is 22.3 Å². The second-order valence-electron chi connectivity index (χ2n) is 7.14. The molecule has 2 aromatic heterocycles. The minimum Gasteiger partial charge on any atom is -0.306 e. The molecule has 2 aromatic carbocycles. The van der Waals surface area contributed by atoms with Crippen molar-refractivity contribution in [2.45, 2.75) is 18.9 Å². The van der Waals surface area contributed by atoms with Gasteiger partial charge in [-0.05, 0) is 52.9 Å². The number of pyridine rings is 2. The van der Waals surface area contributed by atoms with Gasteiger partial charge in [-0.25, -0.2) is 4.21 Å². The molecule has 1 N–H and O–H groups in total. The van der Waals surface area contributed by atoms with Gasteiger partial charge in [0, 0.05) is 29.5 Å². The van der Waals surface area contributed by atoms with Crippen molar-refractivity contribution in [2.75, 3.05) is 0 Å². The van der Waals surface area contributed by atoms with Crippen LogP contribution in [0, 0.1) is 6.92 Å². The quantitative estimate of drug-likeness (QED) is 0.393. The molecule has 1 unspecified atom stereocenters. The number of aryl methyl sites for hydroxylation is 1. The molecular weight excluding hydrogens is 425 g/mol. The molecule has 4 aromatic rings. The Balaban J connectivity index is 1.87. The zero-order valence-corrected chi connectivity index (χ0v) is 17.2. The summed E-state index contributed by atoms with van der Waals surface area (Å²) in [6, 6.07) is 13.2. The van der Waals surface area contributed by atoms with Crippen molar-refractivity contribution in [3.63, 3.8) is 0 Å². The molecule has 31 heavy (non-hydrogen) atoms. The molecule has 0 bridgehead atoms. The second kappa shape index (κ2) is 8.20. The minimum absolute atomic E-state index is 0.0329. The highest BCUT2D eigenvalue weighted by Gasteiger charge is 2.33. The monoisotopic (exact) mass is 442 g/mol. The largest absolute Gasteiger partial charge is 0.418 e. The maximum atomic E-state index is 13.5. The first-order valence-electron chi connectivity index (χ1n) is 9.32. The van der Waals surface area contributed by atoms with Crippen LogP contribution in [0.5, 0.6) is 0 Å². The smallest absolute Gasteiger partial charge is 0.306 e. The summed E-state index contributed by atoms with van der Waals surface area (Å²) in [4.78, 5) is 8.21. The van der Waals surface area contributed by atoms with Crippen LogP contribution in [0.1, 0.15) is 16.7 Å². The molecule has 4 nitrogen and oxygen atoms in total. The molecular formula is C23H17F3N2O2S. The Morgan fingerprint density at radius 1 is 0.968 bits per heavy atom. The number of benzene rings is 2. The van der Waals surface area contributed by atoms with Crippen LogP contribution < -0.4 is 0 Å². The van der Waals surface area contributed by atoms with E-state index in [1.807, 2.05) is 31.2 Å². The van der Waals surface area contributed by atoms with Gasteiger partial charge in [-0.2, -0.15) is 13.2 Å². The van der Waals surface area contributed by atoms with Crippen LogP contribution in [0.3, 0.4) is 0 Å². The number of aromatic nitrogens is 2. The van der Waals surface area contributed by atoms with Crippen LogP contribution in [0.4, 0.5) is 13.2 Å². The summed E-state index contributed by atoms with van der Waals surface area (Å²) in [5.41, 5.74) is 3.49. The van der Waals surface area contributed by atoms with E-state index in [2.05, 4.69) is 9.97 Å². The molecule has 0 radical (unpaired) electrons. The number of hydrogen-bond donors (Lipinski definition) is 1. The highest BCUT2D eigenvalue weighted by Crippen LogP contribution is 2.39. The molecule has 0 aliphatic rings. The van der Waals surface area contributed by atoms with Gasteiger partial charge in [0.15, 0.2) is 11.1 Å². The lowest BCUT2D eigenvalue weighted by Gasteiger charge is -2.15. The summed E-state index contributed by atoms with van der Waals surface area (Å²) in [5, 5.41) is 0.425. The van der Waals surface area contributed by atoms with Crippen molar-refractivity contribution in [2.24, 2.45) is 0 Å². The van der Waals surface area contributed by atoms with Gasteiger partial charge >= 0.3 is 6.18 Å². The minimum atomic E-state index is -4.50. The average Bonchev–Trinajstić information content (AvgIpc) is 2.72. The highest BCUT2D eigenvalue weighted by molar-refractivity contribution is 7.78. The Labute approximate surface area is 179 Å². The number of rotatable bonds is 4. The van der Waals surface area contributed by atoms with Gasteiger partial charge in [-0.15, -0.1) is 0 Å². The van der Waals surface area contributed by atoms with Crippen molar-refractivity contribution < 1.29 is 21.9 Å². The van der Waals surface area contributed by atoms with Crippen LogP contribution >= 0.6 is 0 Å². The summed E-state index contributed by atoms with van der Waals surface area (Å²) in [5.74, 6) is -0.0329. The number of hydrogen-bond acceptors (Lipinski definition) is 3. The summed E-state index contributed by atoms with van der Waals surface area (Å²) in [6.07, 6.45) is 0.126. The normalized spacial score (nSPS) is 12.8. The molecule has 0 fully saturated rings. The first-order chi connectivity index (χ1) is 14.7. The fourth-order valence-electron chi connectivity index (χ4n) is 3.66. The van der Waals surface area contributed by atoms with Gasteiger partial charge in [0.25, 0.3) is 0 Å². The fourth-order valence-corrected chi connectivity index (χ4v) is 4.10. The van der Waals surface area contributed by atoms with E-state index in [4.69, 9.17) is 4.55 Å². The fraction of sp³-hybridized carbons (Fsp3) is 0.130. The van der Waals surface area contributed by atoms with Crippen molar-refractivity contribution in [1.29, 1.82) is 0 Å². The number of nitrogens with zero attached hydrogens (tertiary/aromatic N) is 2. The molecule has 0 spiro atoms. The van der Waals surface area contributed by atoms with Crippen molar-refractivity contribution in [3.05, 3.63) is 83.8 Å². The van der Waals surface area contributed by atoms with Crippen molar-refractivity contribution in [1.82, 2.24) is 9.97 Å². The van der Waals surface area contributed by atoms with E-state index in [1.165, 1.54) is 18.5 Å². The Kier molecular flexibility index (Phi) is 5.60. The average molecular weight is 442 g/mol. The number of alkyl halides is 3. The summed E-state index contributed by atoms with van der Waals surface area (Å²) in [7, 11) is 0. The molecule has 0 saturated carbocycles. The van der Waals surface area contributed by atoms with E-state index in [1.54, 1.807) is 18.3 Å². The lowest BCUT2D eigenvalue weighted by molar-refractivity contribution is -0.136. The third kappa shape index (κ3) is 4.35. The molecule has 0 saturated heterocycles. The van der Waals surface area contributed by atoms with E-state index >= 15 is 0 Å². The summed E-state index contributed by atoms with van der Waals surface area (Å²) >= 11 is -1.98. The lowest BCUT2D eigenvalue weighted by Crippen LogP contribution is -2.07. The number of para-hydroxylation sites is 1. The van der Waals surface area contributed by atoms with Gasteiger partial charge in [0.2, 0.25) is 0 Å². The molecule has 2 heterocycles. The molecule has 1 atom stereocenters. The Hall–Kier alpha value is -3.10. The third-order valence-electron chi connectivity index (χ3n) is 4.96. The van der Waals surface area contributed by atoms with Crippen molar-refractivity contribution >= 4 is 22.0 Å². The molecule has 4 rings (SSSR count).